The standard InChI is InChI=1S/C18H17FN4O3S/c19-12-6-7-14-15(10-12)22-17(21-14)16-5-2-8-23(16)18(24)11-3-1-4-13(9-11)27(20,25)26/h1,3-4,6-7,9-10,16H,2,5,8H2,(H,21,22)(H2,20,25,26). The van der Waals surface area contributed by atoms with Crippen LogP contribution in [0.4, 0.5) is 4.39 Å². The minimum Gasteiger partial charge on any atom is -0.340 e. The summed E-state index contributed by atoms with van der Waals surface area (Å²) in [6.45, 7) is 0.522. The third-order valence-corrected chi connectivity index (χ3v) is 5.61. The van der Waals surface area contributed by atoms with Crippen LogP contribution in [0.15, 0.2) is 47.4 Å². The number of likely N-dealkylation sites (tertiary alicyclic amines) is 1. The summed E-state index contributed by atoms with van der Waals surface area (Å²) in [6, 6.07) is 9.67. The van der Waals surface area contributed by atoms with E-state index in [0.717, 1.165) is 6.42 Å². The summed E-state index contributed by atoms with van der Waals surface area (Å²) in [7, 11) is -3.89. The molecular weight excluding hydrogens is 371 g/mol. The van der Waals surface area contributed by atoms with E-state index in [1.54, 1.807) is 17.0 Å². The maximum absolute atomic E-state index is 13.4. The lowest BCUT2D eigenvalue weighted by Crippen LogP contribution is -2.31. The van der Waals surface area contributed by atoms with Crippen molar-refractivity contribution >= 4 is 27.0 Å². The van der Waals surface area contributed by atoms with Crippen LogP contribution in [0.5, 0.6) is 0 Å². The van der Waals surface area contributed by atoms with Crippen molar-refractivity contribution in [1.82, 2.24) is 14.9 Å². The van der Waals surface area contributed by atoms with Crippen molar-refractivity contribution in [2.75, 3.05) is 6.54 Å². The summed E-state index contributed by atoms with van der Waals surface area (Å²) in [4.78, 5) is 22.1. The van der Waals surface area contributed by atoms with Crippen molar-refractivity contribution in [3.05, 3.63) is 59.7 Å². The molecule has 1 atom stereocenters. The van der Waals surface area contributed by atoms with E-state index in [0.29, 0.717) is 29.8 Å². The number of rotatable bonds is 3. The first kappa shape index (κ1) is 17.6. The molecular formula is C18H17FN4O3S. The van der Waals surface area contributed by atoms with E-state index in [2.05, 4.69) is 9.97 Å². The predicted molar refractivity (Wildman–Crippen MR) is 96.9 cm³/mol. The van der Waals surface area contributed by atoms with E-state index in [4.69, 9.17) is 5.14 Å². The summed E-state index contributed by atoms with van der Waals surface area (Å²) in [5.74, 6) is -0.0736. The number of nitrogens with zero attached hydrogens (tertiary/aromatic N) is 2. The topological polar surface area (TPSA) is 109 Å². The Morgan fingerprint density at radius 3 is 2.85 bits per heavy atom. The van der Waals surface area contributed by atoms with Gasteiger partial charge in [0.25, 0.3) is 5.91 Å². The zero-order valence-electron chi connectivity index (χ0n) is 14.2. The minimum atomic E-state index is -3.89. The highest BCUT2D eigenvalue weighted by Gasteiger charge is 2.33. The first-order valence-electron chi connectivity index (χ1n) is 8.42. The van der Waals surface area contributed by atoms with Crippen LogP contribution in [0, 0.1) is 5.82 Å². The number of benzene rings is 2. The summed E-state index contributed by atoms with van der Waals surface area (Å²) >= 11 is 0. The number of primary sulfonamides is 1. The number of nitrogens with two attached hydrogens (primary N) is 1. The Morgan fingerprint density at radius 1 is 1.26 bits per heavy atom. The minimum absolute atomic E-state index is 0.108. The van der Waals surface area contributed by atoms with Crippen LogP contribution in [-0.2, 0) is 10.0 Å². The Balaban J connectivity index is 1.67. The van der Waals surface area contributed by atoms with Crippen LogP contribution < -0.4 is 5.14 Å². The fraction of sp³-hybridized carbons (Fsp3) is 0.222. The monoisotopic (exact) mass is 388 g/mol. The number of carbonyl (C=O) groups is 1. The lowest BCUT2D eigenvalue weighted by atomic mass is 10.1. The number of H-pyrrole nitrogens is 1. The highest BCUT2D eigenvalue weighted by Crippen LogP contribution is 2.33. The molecule has 0 spiro atoms. The fourth-order valence-corrected chi connectivity index (χ4v) is 3.98. The largest absolute Gasteiger partial charge is 0.340 e. The van der Waals surface area contributed by atoms with E-state index in [-0.39, 0.29) is 28.2 Å². The second-order valence-electron chi connectivity index (χ2n) is 6.51. The maximum Gasteiger partial charge on any atom is 0.254 e. The van der Waals surface area contributed by atoms with Gasteiger partial charge in [-0.2, -0.15) is 0 Å². The van der Waals surface area contributed by atoms with Gasteiger partial charge in [0.05, 0.1) is 22.0 Å². The van der Waals surface area contributed by atoms with Crippen molar-refractivity contribution in [2.24, 2.45) is 5.14 Å². The number of aromatic amines is 1. The quantitative estimate of drug-likeness (QED) is 0.717. The number of fused-ring (bicyclic) bond motifs is 1. The van der Waals surface area contributed by atoms with Crippen LogP contribution >= 0.6 is 0 Å². The Morgan fingerprint density at radius 2 is 2.07 bits per heavy atom. The van der Waals surface area contributed by atoms with E-state index >= 15 is 0 Å². The fourth-order valence-electron chi connectivity index (χ4n) is 3.43. The van der Waals surface area contributed by atoms with Crippen molar-refractivity contribution in [3.63, 3.8) is 0 Å². The SMILES string of the molecule is NS(=O)(=O)c1cccc(C(=O)N2CCCC2c2nc3ccc(F)cc3[nH]2)c1. The normalized spacial score (nSPS) is 17.6. The lowest BCUT2D eigenvalue weighted by molar-refractivity contribution is 0.0730. The summed E-state index contributed by atoms with van der Waals surface area (Å²) < 4.78 is 36.5. The van der Waals surface area contributed by atoms with Crippen molar-refractivity contribution in [3.8, 4) is 0 Å². The Bertz CT molecular complexity index is 1140. The molecule has 2 aromatic carbocycles. The van der Waals surface area contributed by atoms with Crippen LogP contribution in [0.2, 0.25) is 0 Å². The van der Waals surface area contributed by atoms with Gasteiger partial charge in [-0.1, -0.05) is 6.07 Å². The van der Waals surface area contributed by atoms with Crippen molar-refractivity contribution in [1.29, 1.82) is 0 Å². The molecule has 3 N–H and O–H groups in total. The Kier molecular flexibility index (Phi) is 4.20. The molecule has 140 valence electrons. The second kappa shape index (κ2) is 6.43. The predicted octanol–water partition coefficient (Wildman–Crippen LogP) is 2.33. The van der Waals surface area contributed by atoms with Gasteiger partial charge in [0.1, 0.15) is 11.6 Å². The molecule has 1 aliphatic heterocycles. The molecule has 1 aliphatic rings. The third kappa shape index (κ3) is 3.31. The molecule has 1 aromatic heterocycles. The van der Waals surface area contributed by atoms with E-state index < -0.39 is 10.0 Å². The molecule has 1 saturated heterocycles. The first-order valence-corrected chi connectivity index (χ1v) is 9.96. The molecule has 4 rings (SSSR count). The van der Waals surface area contributed by atoms with Crippen molar-refractivity contribution in [2.45, 2.75) is 23.8 Å². The van der Waals surface area contributed by atoms with Gasteiger partial charge in [0.2, 0.25) is 10.0 Å². The molecule has 0 aliphatic carbocycles. The number of nitrogens with one attached hydrogen (secondary N) is 1. The maximum atomic E-state index is 13.4. The number of hydrogen-bond acceptors (Lipinski definition) is 4. The molecule has 27 heavy (non-hydrogen) atoms. The molecule has 1 fully saturated rings. The van der Waals surface area contributed by atoms with Crippen LogP contribution in [0.3, 0.4) is 0 Å². The molecule has 0 bridgehead atoms. The number of aromatic nitrogens is 2. The third-order valence-electron chi connectivity index (χ3n) is 4.70. The van der Waals surface area contributed by atoms with Crippen LogP contribution in [0.25, 0.3) is 11.0 Å². The van der Waals surface area contributed by atoms with Crippen LogP contribution in [-0.4, -0.2) is 35.7 Å². The van der Waals surface area contributed by atoms with E-state index in [9.17, 15) is 17.6 Å². The smallest absolute Gasteiger partial charge is 0.254 e. The van der Waals surface area contributed by atoms with Gasteiger partial charge in [-0.3, -0.25) is 4.79 Å². The number of imidazole rings is 1. The molecule has 7 nitrogen and oxygen atoms in total. The van der Waals surface area contributed by atoms with E-state index in [1.807, 2.05) is 0 Å². The molecule has 0 saturated carbocycles. The highest BCUT2D eigenvalue weighted by atomic mass is 32.2. The molecule has 0 radical (unpaired) electrons. The lowest BCUT2D eigenvalue weighted by Gasteiger charge is -2.23. The molecule has 9 heteroatoms. The zero-order valence-corrected chi connectivity index (χ0v) is 15.0. The number of halogens is 1. The Labute approximate surface area is 155 Å². The number of hydrogen-bond donors (Lipinski definition) is 2. The average Bonchev–Trinajstić information content (AvgIpc) is 3.26. The average molecular weight is 388 g/mol. The van der Waals surface area contributed by atoms with Gasteiger partial charge in [-0.25, -0.2) is 22.9 Å². The van der Waals surface area contributed by atoms with E-state index in [1.165, 1.54) is 30.3 Å². The molecule has 1 amide bonds. The number of sulfonamides is 1. The first-order chi connectivity index (χ1) is 12.8. The van der Waals surface area contributed by atoms with Gasteiger partial charge in [0.15, 0.2) is 0 Å². The second-order valence-corrected chi connectivity index (χ2v) is 8.07. The number of amides is 1. The van der Waals surface area contributed by atoms with Crippen molar-refractivity contribution < 1.29 is 17.6 Å². The van der Waals surface area contributed by atoms with Crippen LogP contribution in [0.1, 0.15) is 35.1 Å². The summed E-state index contributed by atoms with van der Waals surface area (Å²) in [5, 5.41) is 5.15. The van der Waals surface area contributed by atoms with Gasteiger partial charge in [0, 0.05) is 12.1 Å². The number of carbonyl (C=O) groups excluding carboxylic acids is 1. The molecule has 1 unspecified atom stereocenters. The molecule has 2 heterocycles. The van der Waals surface area contributed by atoms with Gasteiger partial charge >= 0.3 is 0 Å². The zero-order chi connectivity index (χ0) is 19.2. The van der Waals surface area contributed by atoms with Gasteiger partial charge in [-0.15, -0.1) is 0 Å². The van der Waals surface area contributed by atoms with Gasteiger partial charge < -0.3 is 9.88 Å². The van der Waals surface area contributed by atoms with Gasteiger partial charge in [-0.05, 0) is 49.2 Å². The summed E-state index contributed by atoms with van der Waals surface area (Å²) in [6.07, 6.45) is 1.50. The highest BCUT2D eigenvalue weighted by molar-refractivity contribution is 7.89. The summed E-state index contributed by atoms with van der Waals surface area (Å²) in [5.41, 5.74) is 1.44. The molecule has 3 aromatic rings. The Hall–Kier alpha value is -2.78.